The monoisotopic (exact) mass is 287 g/mol. The van der Waals surface area contributed by atoms with E-state index in [1.165, 1.54) is 24.3 Å². The van der Waals surface area contributed by atoms with Gasteiger partial charge in [-0.05, 0) is 23.8 Å². The lowest BCUT2D eigenvalue weighted by Gasteiger charge is -2.10. The number of nitrogens with one attached hydrogen (secondary N) is 2. The number of aliphatic hydroxyl groups excluding tert-OH is 1. The van der Waals surface area contributed by atoms with Crippen LogP contribution >= 0.6 is 0 Å². The van der Waals surface area contributed by atoms with E-state index in [2.05, 4.69) is 10.9 Å². The zero-order chi connectivity index (χ0) is 15.2. The number of carbonyl (C=O) groups is 1. The van der Waals surface area contributed by atoms with Gasteiger partial charge in [0.15, 0.2) is 0 Å². The number of hydrogen-bond acceptors (Lipinski definition) is 5. The number of aliphatic hydroxyl groups is 1. The van der Waals surface area contributed by atoms with Gasteiger partial charge in [-0.1, -0.05) is 18.2 Å². The Morgan fingerprint density at radius 3 is 2.43 bits per heavy atom. The standard InChI is InChI=1S/C14H13N3O4/c18-9-10-3-1-2-4-13(10)14(19)16-15-11-5-7-12(8-6-11)17(20)21/h1-8,15,18H,9H2,(H,16,19). The van der Waals surface area contributed by atoms with Crippen LogP contribution in [0.3, 0.4) is 0 Å². The molecule has 2 aromatic carbocycles. The minimum atomic E-state index is -0.500. The predicted molar refractivity (Wildman–Crippen MR) is 76.6 cm³/mol. The van der Waals surface area contributed by atoms with Crippen molar-refractivity contribution in [2.75, 3.05) is 5.43 Å². The van der Waals surface area contributed by atoms with Crippen molar-refractivity contribution in [2.24, 2.45) is 0 Å². The van der Waals surface area contributed by atoms with Crippen LogP contribution in [0.25, 0.3) is 0 Å². The van der Waals surface area contributed by atoms with Crippen LogP contribution in [0, 0.1) is 10.1 Å². The third-order valence-corrected chi connectivity index (χ3v) is 2.83. The highest BCUT2D eigenvalue weighted by molar-refractivity contribution is 5.96. The summed E-state index contributed by atoms with van der Waals surface area (Å²) >= 11 is 0. The molecule has 0 fully saturated rings. The number of rotatable bonds is 5. The Bertz CT molecular complexity index is 656. The number of benzene rings is 2. The Morgan fingerprint density at radius 2 is 1.81 bits per heavy atom. The van der Waals surface area contributed by atoms with Crippen LogP contribution in [0.2, 0.25) is 0 Å². The number of hydrazine groups is 1. The molecule has 0 bridgehead atoms. The lowest BCUT2D eigenvalue weighted by molar-refractivity contribution is -0.384. The van der Waals surface area contributed by atoms with E-state index in [4.69, 9.17) is 0 Å². The SMILES string of the molecule is O=C(NNc1ccc([N+](=O)[O-])cc1)c1ccccc1CO. The fourth-order valence-corrected chi connectivity index (χ4v) is 1.74. The van der Waals surface area contributed by atoms with Gasteiger partial charge in [0.1, 0.15) is 0 Å². The molecular weight excluding hydrogens is 274 g/mol. The maximum absolute atomic E-state index is 12.0. The molecule has 0 aliphatic carbocycles. The molecule has 1 amide bonds. The largest absolute Gasteiger partial charge is 0.392 e. The topological polar surface area (TPSA) is 104 Å². The second kappa shape index (κ2) is 6.49. The highest BCUT2D eigenvalue weighted by Crippen LogP contribution is 2.15. The van der Waals surface area contributed by atoms with Crippen molar-refractivity contribution >= 4 is 17.3 Å². The molecule has 0 aliphatic heterocycles. The summed E-state index contributed by atoms with van der Waals surface area (Å²) in [6.45, 7) is -0.235. The number of nitro benzene ring substituents is 1. The highest BCUT2D eigenvalue weighted by atomic mass is 16.6. The highest BCUT2D eigenvalue weighted by Gasteiger charge is 2.10. The molecule has 0 radical (unpaired) electrons. The van der Waals surface area contributed by atoms with Crippen molar-refractivity contribution in [1.29, 1.82) is 0 Å². The van der Waals surface area contributed by atoms with E-state index in [1.54, 1.807) is 24.3 Å². The maximum atomic E-state index is 12.0. The van der Waals surface area contributed by atoms with E-state index in [-0.39, 0.29) is 12.3 Å². The number of hydrogen-bond donors (Lipinski definition) is 3. The van der Waals surface area contributed by atoms with Gasteiger partial charge in [-0.3, -0.25) is 25.8 Å². The smallest absolute Gasteiger partial charge is 0.269 e. The Labute approximate surface area is 120 Å². The zero-order valence-corrected chi connectivity index (χ0v) is 10.9. The Balaban J connectivity index is 2.02. The second-order valence-corrected chi connectivity index (χ2v) is 4.20. The van der Waals surface area contributed by atoms with Crippen LogP contribution in [0.5, 0.6) is 0 Å². The van der Waals surface area contributed by atoms with Crippen molar-refractivity contribution in [3.8, 4) is 0 Å². The summed E-state index contributed by atoms with van der Waals surface area (Å²) in [7, 11) is 0. The van der Waals surface area contributed by atoms with Crippen LogP contribution in [0.15, 0.2) is 48.5 Å². The van der Waals surface area contributed by atoms with Gasteiger partial charge in [-0.2, -0.15) is 0 Å². The van der Waals surface area contributed by atoms with E-state index in [0.717, 1.165) is 0 Å². The zero-order valence-electron chi connectivity index (χ0n) is 10.9. The van der Waals surface area contributed by atoms with Gasteiger partial charge in [-0.15, -0.1) is 0 Å². The summed E-state index contributed by atoms with van der Waals surface area (Å²) < 4.78 is 0. The van der Waals surface area contributed by atoms with Crippen molar-refractivity contribution in [3.05, 3.63) is 69.8 Å². The molecule has 0 spiro atoms. The average Bonchev–Trinajstić information content (AvgIpc) is 2.52. The summed E-state index contributed by atoms with van der Waals surface area (Å²) in [4.78, 5) is 22.0. The van der Waals surface area contributed by atoms with E-state index >= 15 is 0 Å². The van der Waals surface area contributed by atoms with Crippen LogP contribution in [0.1, 0.15) is 15.9 Å². The van der Waals surface area contributed by atoms with Crippen LogP contribution in [-0.4, -0.2) is 15.9 Å². The first kappa shape index (κ1) is 14.5. The maximum Gasteiger partial charge on any atom is 0.269 e. The molecule has 2 rings (SSSR count). The van der Waals surface area contributed by atoms with E-state index in [0.29, 0.717) is 16.8 Å². The summed E-state index contributed by atoms with van der Waals surface area (Å²) in [5.74, 6) is -0.405. The summed E-state index contributed by atoms with van der Waals surface area (Å²) in [5, 5.41) is 19.7. The third kappa shape index (κ3) is 3.54. The van der Waals surface area contributed by atoms with Crippen molar-refractivity contribution in [3.63, 3.8) is 0 Å². The van der Waals surface area contributed by atoms with Crippen LogP contribution < -0.4 is 10.9 Å². The number of nitrogens with zero attached hydrogens (tertiary/aromatic N) is 1. The Kier molecular flexibility index (Phi) is 4.47. The molecule has 108 valence electrons. The molecule has 0 heterocycles. The molecule has 0 saturated carbocycles. The molecule has 0 unspecified atom stereocenters. The molecule has 0 atom stereocenters. The average molecular weight is 287 g/mol. The molecule has 0 aliphatic rings. The van der Waals surface area contributed by atoms with Gasteiger partial charge in [0.05, 0.1) is 17.2 Å². The minimum Gasteiger partial charge on any atom is -0.392 e. The fraction of sp³-hybridized carbons (Fsp3) is 0.0714. The first-order chi connectivity index (χ1) is 10.1. The van der Waals surface area contributed by atoms with Crippen molar-refractivity contribution in [2.45, 2.75) is 6.61 Å². The van der Waals surface area contributed by atoms with Gasteiger partial charge < -0.3 is 5.11 Å². The van der Waals surface area contributed by atoms with E-state index < -0.39 is 10.8 Å². The molecule has 3 N–H and O–H groups in total. The molecule has 7 nitrogen and oxygen atoms in total. The molecular formula is C14H13N3O4. The van der Waals surface area contributed by atoms with E-state index in [1.807, 2.05) is 0 Å². The number of nitro groups is 1. The minimum absolute atomic E-state index is 0.0301. The van der Waals surface area contributed by atoms with Crippen LogP contribution in [-0.2, 0) is 6.61 Å². The number of amides is 1. The van der Waals surface area contributed by atoms with Gasteiger partial charge in [0, 0.05) is 17.7 Å². The summed E-state index contributed by atoms with van der Waals surface area (Å²) in [6, 6.07) is 12.3. The second-order valence-electron chi connectivity index (χ2n) is 4.20. The van der Waals surface area contributed by atoms with Gasteiger partial charge in [-0.25, -0.2) is 0 Å². The summed E-state index contributed by atoms with van der Waals surface area (Å²) in [6.07, 6.45) is 0. The van der Waals surface area contributed by atoms with Crippen LogP contribution in [0.4, 0.5) is 11.4 Å². The van der Waals surface area contributed by atoms with Crippen molar-refractivity contribution < 1.29 is 14.8 Å². The quantitative estimate of drug-likeness (QED) is 0.575. The molecule has 0 aromatic heterocycles. The number of carbonyl (C=O) groups excluding carboxylic acids is 1. The van der Waals surface area contributed by atoms with E-state index in [9.17, 15) is 20.0 Å². The molecule has 7 heteroatoms. The lowest BCUT2D eigenvalue weighted by atomic mass is 10.1. The normalized spacial score (nSPS) is 9.95. The van der Waals surface area contributed by atoms with Crippen molar-refractivity contribution in [1.82, 2.24) is 5.43 Å². The number of non-ortho nitro benzene ring substituents is 1. The summed E-state index contributed by atoms with van der Waals surface area (Å²) in [5.41, 5.74) is 6.48. The predicted octanol–water partition coefficient (Wildman–Crippen LogP) is 1.84. The lowest BCUT2D eigenvalue weighted by Crippen LogP contribution is -2.30. The first-order valence-electron chi connectivity index (χ1n) is 6.11. The fourth-order valence-electron chi connectivity index (χ4n) is 1.74. The van der Waals surface area contributed by atoms with Gasteiger partial charge in [0.2, 0.25) is 0 Å². The Morgan fingerprint density at radius 1 is 1.14 bits per heavy atom. The van der Waals surface area contributed by atoms with Gasteiger partial charge in [0.25, 0.3) is 11.6 Å². The number of anilines is 1. The molecule has 21 heavy (non-hydrogen) atoms. The molecule has 2 aromatic rings. The van der Waals surface area contributed by atoms with Gasteiger partial charge >= 0.3 is 0 Å². The first-order valence-corrected chi connectivity index (χ1v) is 6.11. The molecule has 0 saturated heterocycles. The Hall–Kier alpha value is -2.93. The third-order valence-electron chi connectivity index (χ3n) is 2.83.